The highest BCUT2D eigenvalue weighted by atomic mass is 16.2. The van der Waals surface area contributed by atoms with E-state index in [1.165, 1.54) is 0 Å². The molecule has 1 atom stereocenters. The summed E-state index contributed by atoms with van der Waals surface area (Å²) in [4.78, 5) is 23.2. The highest BCUT2D eigenvalue weighted by molar-refractivity contribution is 5.76. The number of rotatable bonds is 3. The van der Waals surface area contributed by atoms with E-state index in [1.807, 2.05) is 6.41 Å². The molecule has 0 spiro atoms. The lowest BCUT2D eigenvalue weighted by atomic mass is 10.00. The fourth-order valence-electron chi connectivity index (χ4n) is 1.65. The summed E-state index contributed by atoms with van der Waals surface area (Å²) in [5.41, 5.74) is 0. The fraction of sp³-hybridized carbons (Fsp3) is 0.778. The van der Waals surface area contributed by atoms with Crippen LogP contribution in [0.15, 0.2) is 0 Å². The van der Waals surface area contributed by atoms with Gasteiger partial charge in [0.2, 0.25) is 5.91 Å². The van der Waals surface area contributed by atoms with E-state index in [0.29, 0.717) is 6.42 Å². The predicted molar refractivity (Wildman–Crippen MR) is 48.7 cm³/mol. The van der Waals surface area contributed by atoms with Gasteiger partial charge < -0.3 is 10.2 Å². The Labute approximate surface area is 78.3 Å². The Morgan fingerprint density at radius 3 is 3.00 bits per heavy atom. The molecule has 0 bridgehead atoms. The van der Waals surface area contributed by atoms with Gasteiger partial charge in [0.15, 0.2) is 0 Å². The summed E-state index contributed by atoms with van der Waals surface area (Å²) in [5.74, 6) is -0.00727. The summed E-state index contributed by atoms with van der Waals surface area (Å²) in [6.07, 6.45) is 5.34. The summed E-state index contributed by atoms with van der Waals surface area (Å²) in [6, 6.07) is 0.0613. The fourth-order valence-corrected chi connectivity index (χ4v) is 1.65. The zero-order valence-corrected chi connectivity index (χ0v) is 7.88. The number of hydrogen-bond donors (Lipinski definition) is 1. The topological polar surface area (TPSA) is 49.4 Å². The number of amides is 2. The standard InChI is InChI=1S/C9H15N2O2/c1-10-9(13)6-8-4-2-3-5-11(8)7-12/h8H,2-6H2,1H3,(H,10,13). The van der Waals surface area contributed by atoms with Gasteiger partial charge in [-0.2, -0.15) is 0 Å². The second-order valence-electron chi connectivity index (χ2n) is 3.31. The van der Waals surface area contributed by atoms with Gasteiger partial charge >= 0.3 is 6.41 Å². The van der Waals surface area contributed by atoms with Gasteiger partial charge in [-0.05, 0) is 19.3 Å². The minimum absolute atomic E-state index is 0.00727. The van der Waals surface area contributed by atoms with E-state index in [1.54, 1.807) is 11.9 Å². The van der Waals surface area contributed by atoms with Gasteiger partial charge in [0.25, 0.3) is 0 Å². The normalized spacial score (nSPS) is 22.5. The first-order valence-electron chi connectivity index (χ1n) is 4.63. The molecule has 1 heterocycles. The molecular weight excluding hydrogens is 168 g/mol. The predicted octanol–water partition coefficient (Wildman–Crippen LogP) is 0.0442. The maximum Gasteiger partial charge on any atom is 0.312 e. The summed E-state index contributed by atoms with van der Waals surface area (Å²) < 4.78 is 0. The second-order valence-corrected chi connectivity index (χ2v) is 3.31. The lowest BCUT2D eigenvalue weighted by Gasteiger charge is -2.31. The first-order valence-corrected chi connectivity index (χ1v) is 4.63. The molecule has 1 saturated heterocycles. The van der Waals surface area contributed by atoms with Crippen LogP contribution in [-0.2, 0) is 9.59 Å². The van der Waals surface area contributed by atoms with Gasteiger partial charge in [0, 0.05) is 26.1 Å². The second kappa shape index (κ2) is 4.84. The summed E-state index contributed by atoms with van der Waals surface area (Å²) in [6.45, 7) is 0.741. The van der Waals surface area contributed by atoms with Crippen molar-refractivity contribution in [1.82, 2.24) is 10.2 Å². The minimum Gasteiger partial charge on any atom is -0.359 e. The largest absolute Gasteiger partial charge is 0.359 e. The Morgan fingerprint density at radius 1 is 1.62 bits per heavy atom. The van der Waals surface area contributed by atoms with Crippen LogP contribution in [0.1, 0.15) is 25.7 Å². The zero-order valence-electron chi connectivity index (χ0n) is 7.88. The molecule has 73 valence electrons. The first-order chi connectivity index (χ1) is 6.27. The van der Waals surface area contributed by atoms with Crippen LogP contribution >= 0.6 is 0 Å². The molecule has 1 unspecified atom stereocenters. The van der Waals surface area contributed by atoms with Gasteiger partial charge in [0.05, 0.1) is 0 Å². The highest BCUT2D eigenvalue weighted by Crippen LogP contribution is 2.17. The maximum absolute atomic E-state index is 11.1. The van der Waals surface area contributed by atoms with E-state index >= 15 is 0 Å². The molecule has 0 aromatic heterocycles. The van der Waals surface area contributed by atoms with Crippen molar-refractivity contribution in [2.45, 2.75) is 31.7 Å². The number of carbonyl (C=O) groups is 1. The Bertz CT molecular complexity index is 194. The van der Waals surface area contributed by atoms with Crippen molar-refractivity contribution in [3.05, 3.63) is 0 Å². The van der Waals surface area contributed by atoms with Gasteiger partial charge in [0.1, 0.15) is 0 Å². The van der Waals surface area contributed by atoms with Crippen LogP contribution in [0.5, 0.6) is 0 Å². The van der Waals surface area contributed by atoms with Crippen LogP contribution in [0.3, 0.4) is 0 Å². The van der Waals surface area contributed by atoms with Crippen LogP contribution in [0, 0.1) is 0 Å². The zero-order chi connectivity index (χ0) is 9.68. The molecule has 1 N–H and O–H groups in total. The van der Waals surface area contributed by atoms with E-state index in [-0.39, 0.29) is 11.9 Å². The van der Waals surface area contributed by atoms with E-state index in [4.69, 9.17) is 0 Å². The Morgan fingerprint density at radius 2 is 2.38 bits per heavy atom. The van der Waals surface area contributed by atoms with Gasteiger partial charge in [-0.15, -0.1) is 0 Å². The third-order valence-corrected chi connectivity index (χ3v) is 2.44. The molecule has 0 aliphatic carbocycles. The molecule has 1 aliphatic rings. The van der Waals surface area contributed by atoms with Gasteiger partial charge in [-0.25, -0.2) is 0 Å². The van der Waals surface area contributed by atoms with Gasteiger partial charge in [-0.3, -0.25) is 9.59 Å². The van der Waals surface area contributed by atoms with Crippen molar-refractivity contribution in [1.29, 1.82) is 0 Å². The third-order valence-electron chi connectivity index (χ3n) is 2.44. The van der Waals surface area contributed by atoms with E-state index in [9.17, 15) is 9.59 Å². The molecule has 4 nitrogen and oxygen atoms in total. The molecule has 0 aromatic rings. The van der Waals surface area contributed by atoms with Crippen molar-refractivity contribution in [2.24, 2.45) is 0 Å². The molecule has 1 radical (unpaired) electrons. The average Bonchev–Trinajstić information content (AvgIpc) is 2.18. The Hall–Kier alpha value is -1.06. The summed E-state index contributed by atoms with van der Waals surface area (Å²) in [5, 5.41) is 2.56. The monoisotopic (exact) mass is 183 g/mol. The summed E-state index contributed by atoms with van der Waals surface area (Å²) in [7, 11) is 1.61. The molecular formula is C9H15N2O2. The van der Waals surface area contributed by atoms with Gasteiger partial charge in [-0.1, -0.05) is 0 Å². The molecule has 1 rings (SSSR count). The maximum atomic E-state index is 11.1. The van der Waals surface area contributed by atoms with Crippen molar-refractivity contribution >= 4 is 12.3 Å². The first kappa shape index (κ1) is 10.0. The SMILES string of the molecule is CNC(=O)CC1CCCCN1[C]=O. The molecule has 2 amide bonds. The van der Waals surface area contributed by atoms with Crippen LogP contribution < -0.4 is 5.32 Å². The number of carbonyl (C=O) groups excluding carboxylic acids is 2. The Balaban J connectivity index is 2.44. The smallest absolute Gasteiger partial charge is 0.312 e. The van der Waals surface area contributed by atoms with Crippen molar-refractivity contribution < 1.29 is 9.59 Å². The molecule has 13 heavy (non-hydrogen) atoms. The van der Waals surface area contributed by atoms with E-state index in [2.05, 4.69) is 5.32 Å². The molecule has 1 aliphatic heterocycles. The van der Waals surface area contributed by atoms with Crippen LogP contribution in [-0.4, -0.2) is 36.9 Å². The third kappa shape index (κ3) is 2.72. The van der Waals surface area contributed by atoms with Crippen LogP contribution in [0.4, 0.5) is 0 Å². The van der Waals surface area contributed by atoms with Crippen molar-refractivity contribution in [2.75, 3.05) is 13.6 Å². The van der Waals surface area contributed by atoms with Crippen LogP contribution in [0.2, 0.25) is 0 Å². The van der Waals surface area contributed by atoms with Crippen LogP contribution in [0.25, 0.3) is 0 Å². The molecule has 0 saturated carbocycles. The highest BCUT2D eigenvalue weighted by Gasteiger charge is 2.23. The average molecular weight is 183 g/mol. The van der Waals surface area contributed by atoms with E-state index in [0.717, 1.165) is 25.8 Å². The molecule has 1 fully saturated rings. The number of likely N-dealkylation sites (tertiary alicyclic amines) is 1. The van der Waals surface area contributed by atoms with E-state index < -0.39 is 0 Å². The minimum atomic E-state index is -0.00727. The quantitative estimate of drug-likeness (QED) is 0.671. The van der Waals surface area contributed by atoms with Crippen molar-refractivity contribution in [3.63, 3.8) is 0 Å². The molecule has 0 aromatic carbocycles. The number of nitrogens with one attached hydrogen (secondary N) is 1. The lowest BCUT2D eigenvalue weighted by Crippen LogP contribution is -2.41. The molecule has 4 heteroatoms. The number of hydrogen-bond acceptors (Lipinski definition) is 2. The number of nitrogens with zero attached hydrogens (tertiary/aromatic N) is 1. The lowest BCUT2D eigenvalue weighted by molar-refractivity contribution is -0.121. The van der Waals surface area contributed by atoms with Crippen molar-refractivity contribution in [3.8, 4) is 0 Å². The summed E-state index contributed by atoms with van der Waals surface area (Å²) >= 11 is 0. The Kier molecular flexibility index (Phi) is 3.73. The number of piperidine rings is 1.